The number of carbonyl (C=O) groups is 1. The first-order chi connectivity index (χ1) is 12.2. The minimum absolute atomic E-state index is 0.0161. The van der Waals surface area contributed by atoms with Gasteiger partial charge < -0.3 is 20.3 Å². The van der Waals surface area contributed by atoms with Gasteiger partial charge in [-0.1, -0.05) is 36.4 Å². The molecule has 1 aromatic carbocycles. The number of ether oxygens (including phenoxy) is 1. The molecule has 1 aromatic rings. The van der Waals surface area contributed by atoms with E-state index in [1.165, 1.54) is 5.56 Å². The molecule has 2 saturated heterocycles. The van der Waals surface area contributed by atoms with Crippen LogP contribution in [0.15, 0.2) is 43.0 Å². The molecule has 0 unspecified atom stereocenters. The molecule has 0 saturated carbocycles. The van der Waals surface area contributed by atoms with Crippen molar-refractivity contribution in [3.8, 4) is 0 Å². The highest BCUT2D eigenvalue weighted by Crippen LogP contribution is 2.31. The van der Waals surface area contributed by atoms with E-state index in [2.05, 4.69) is 53.4 Å². The van der Waals surface area contributed by atoms with Crippen molar-refractivity contribution in [2.45, 2.75) is 30.9 Å². The maximum atomic E-state index is 12.3. The van der Waals surface area contributed by atoms with E-state index in [0.717, 1.165) is 32.5 Å². The van der Waals surface area contributed by atoms with E-state index in [1.807, 2.05) is 6.07 Å². The van der Waals surface area contributed by atoms with E-state index in [9.17, 15) is 4.79 Å². The smallest absolute Gasteiger partial charge is 0.315 e. The van der Waals surface area contributed by atoms with Crippen molar-refractivity contribution < 1.29 is 9.53 Å². The third-order valence-electron chi connectivity index (χ3n) is 5.29. The third-order valence-corrected chi connectivity index (χ3v) is 5.29. The van der Waals surface area contributed by atoms with Gasteiger partial charge in [0.2, 0.25) is 0 Å². The normalized spacial score (nSPS) is 30.0. The maximum absolute atomic E-state index is 12.3. The van der Waals surface area contributed by atoms with Crippen LogP contribution in [0.4, 0.5) is 4.79 Å². The molecule has 25 heavy (non-hydrogen) atoms. The van der Waals surface area contributed by atoms with Crippen molar-refractivity contribution in [1.82, 2.24) is 15.5 Å². The van der Waals surface area contributed by atoms with Crippen molar-refractivity contribution in [2.24, 2.45) is 5.92 Å². The first-order valence-corrected chi connectivity index (χ1v) is 9.19. The van der Waals surface area contributed by atoms with E-state index in [4.69, 9.17) is 4.74 Å². The summed E-state index contributed by atoms with van der Waals surface area (Å²) >= 11 is 0. The van der Waals surface area contributed by atoms with Crippen LogP contribution in [-0.2, 0) is 4.74 Å². The lowest BCUT2D eigenvalue weighted by Gasteiger charge is -2.30. The van der Waals surface area contributed by atoms with Gasteiger partial charge in [-0.05, 0) is 31.4 Å². The molecule has 136 valence electrons. The third kappa shape index (κ3) is 4.61. The van der Waals surface area contributed by atoms with Gasteiger partial charge in [-0.2, -0.15) is 0 Å². The summed E-state index contributed by atoms with van der Waals surface area (Å²) in [7, 11) is 2.14. The fourth-order valence-electron chi connectivity index (χ4n) is 4.00. The highest BCUT2D eigenvalue weighted by molar-refractivity contribution is 5.74. The van der Waals surface area contributed by atoms with Crippen LogP contribution < -0.4 is 10.6 Å². The summed E-state index contributed by atoms with van der Waals surface area (Å²) in [5.41, 5.74) is 1.35. The summed E-state index contributed by atoms with van der Waals surface area (Å²) in [5.74, 6) is 0.890. The SMILES string of the molecule is C=C[C@@H]1OCCC[C@H]1NC(=O)NC[C@@H]1CN(C)C[C@H]1c1ccccc1. The summed E-state index contributed by atoms with van der Waals surface area (Å²) in [6.45, 7) is 7.26. The van der Waals surface area contributed by atoms with Gasteiger partial charge >= 0.3 is 6.03 Å². The Morgan fingerprint density at radius 3 is 2.92 bits per heavy atom. The van der Waals surface area contributed by atoms with E-state index in [-0.39, 0.29) is 18.2 Å². The van der Waals surface area contributed by atoms with Crippen molar-refractivity contribution in [3.63, 3.8) is 0 Å². The van der Waals surface area contributed by atoms with E-state index in [0.29, 0.717) is 18.4 Å². The number of hydrogen-bond acceptors (Lipinski definition) is 3. The Bertz CT molecular complexity index is 578. The number of likely N-dealkylation sites (tertiary alicyclic amines) is 1. The first kappa shape index (κ1) is 18.0. The van der Waals surface area contributed by atoms with Crippen molar-refractivity contribution in [3.05, 3.63) is 48.6 Å². The molecule has 2 aliphatic rings. The van der Waals surface area contributed by atoms with Crippen LogP contribution in [0.1, 0.15) is 24.3 Å². The largest absolute Gasteiger partial charge is 0.372 e. The predicted molar refractivity (Wildman–Crippen MR) is 99.7 cm³/mol. The molecule has 5 nitrogen and oxygen atoms in total. The Morgan fingerprint density at radius 2 is 2.16 bits per heavy atom. The average molecular weight is 343 g/mol. The van der Waals surface area contributed by atoms with Gasteiger partial charge in [-0.15, -0.1) is 6.58 Å². The fraction of sp³-hybridized carbons (Fsp3) is 0.550. The van der Waals surface area contributed by atoms with E-state index in [1.54, 1.807) is 6.08 Å². The van der Waals surface area contributed by atoms with Crippen molar-refractivity contribution in [2.75, 3.05) is 33.3 Å². The zero-order chi connectivity index (χ0) is 17.6. The summed E-state index contributed by atoms with van der Waals surface area (Å²) in [4.78, 5) is 14.7. The van der Waals surface area contributed by atoms with Gasteiger partial charge in [0.25, 0.3) is 0 Å². The van der Waals surface area contributed by atoms with E-state index >= 15 is 0 Å². The lowest BCUT2D eigenvalue weighted by atomic mass is 9.89. The number of rotatable bonds is 5. The second-order valence-electron chi connectivity index (χ2n) is 7.17. The van der Waals surface area contributed by atoms with Crippen LogP contribution in [0.25, 0.3) is 0 Å². The standard InChI is InChI=1S/C20H29N3O2/c1-3-19-18(10-7-11-25-19)22-20(24)21-12-16-13-23(2)14-17(16)15-8-5-4-6-9-15/h3-6,8-9,16-19H,1,7,10-14H2,2H3,(H2,21,22,24)/t16-,17+,18-,19+/m1/s1. The Kier molecular flexibility index (Phi) is 6.10. The zero-order valence-corrected chi connectivity index (χ0v) is 15.0. The van der Waals surface area contributed by atoms with Gasteiger partial charge in [0.15, 0.2) is 0 Å². The minimum atomic E-state index is -0.108. The van der Waals surface area contributed by atoms with Gasteiger partial charge in [-0.25, -0.2) is 4.79 Å². The lowest BCUT2D eigenvalue weighted by Crippen LogP contribution is -2.50. The predicted octanol–water partition coefficient (Wildman–Crippen LogP) is 2.36. The monoisotopic (exact) mass is 343 g/mol. The molecule has 2 amide bonds. The molecular formula is C20H29N3O2. The van der Waals surface area contributed by atoms with Gasteiger partial charge in [0.05, 0.1) is 12.1 Å². The molecule has 3 rings (SSSR count). The highest BCUT2D eigenvalue weighted by atomic mass is 16.5. The van der Waals surface area contributed by atoms with Crippen LogP contribution in [0.3, 0.4) is 0 Å². The van der Waals surface area contributed by atoms with Crippen molar-refractivity contribution in [1.29, 1.82) is 0 Å². The quantitative estimate of drug-likeness (QED) is 0.807. The number of hydrogen-bond donors (Lipinski definition) is 2. The number of amides is 2. The molecule has 2 aliphatic heterocycles. The molecule has 0 aliphatic carbocycles. The Hall–Kier alpha value is -1.85. The number of carbonyl (C=O) groups excluding carboxylic acids is 1. The van der Waals surface area contributed by atoms with Crippen LogP contribution >= 0.6 is 0 Å². The number of nitrogens with one attached hydrogen (secondary N) is 2. The fourth-order valence-corrected chi connectivity index (χ4v) is 4.00. The number of benzene rings is 1. The average Bonchev–Trinajstić information content (AvgIpc) is 3.02. The Morgan fingerprint density at radius 1 is 1.36 bits per heavy atom. The summed E-state index contributed by atoms with van der Waals surface area (Å²) in [5, 5.41) is 6.12. The summed E-state index contributed by atoms with van der Waals surface area (Å²) < 4.78 is 5.64. The van der Waals surface area contributed by atoms with Crippen LogP contribution in [-0.4, -0.2) is 56.4 Å². The van der Waals surface area contributed by atoms with E-state index < -0.39 is 0 Å². The van der Waals surface area contributed by atoms with Crippen LogP contribution in [0.5, 0.6) is 0 Å². The lowest BCUT2D eigenvalue weighted by molar-refractivity contribution is 0.0240. The summed E-state index contributed by atoms with van der Waals surface area (Å²) in [6.07, 6.45) is 3.59. The molecule has 2 fully saturated rings. The minimum Gasteiger partial charge on any atom is -0.372 e. The van der Waals surface area contributed by atoms with Crippen LogP contribution in [0, 0.1) is 5.92 Å². The van der Waals surface area contributed by atoms with Gasteiger partial charge in [-0.3, -0.25) is 0 Å². The van der Waals surface area contributed by atoms with Gasteiger partial charge in [0.1, 0.15) is 0 Å². The molecule has 0 bridgehead atoms. The maximum Gasteiger partial charge on any atom is 0.315 e. The molecule has 2 N–H and O–H groups in total. The molecule has 2 heterocycles. The number of nitrogens with zero attached hydrogens (tertiary/aromatic N) is 1. The molecule has 4 atom stereocenters. The molecule has 5 heteroatoms. The molecule has 0 spiro atoms. The topological polar surface area (TPSA) is 53.6 Å². The van der Waals surface area contributed by atoms with Gasteiger partial charge in [0, 0.05) is 32.2 Å². The first-order valence-electron chi connectivity index (χ1n) is 9.19. The second-order valence-corrected chi connectivity index (χ2v) is 7.17. The molecular weight excluding hydrogens is 314 g/mol. The van der Waals surface area contributed by atoms with Crippen LogP contribution in [0.2, 0.25) is 0 Å². The molecule has 0 aromatic heterocycles. The second kappa shape index (κ2) is 8.50. The highest BCUT2D eigenvalue weighted by Gasteiger charge is 2.32. The number of likely N-dealkylation sites (N-methyl/N-ethyl adjacent to an activating group) is 1. The Labute approximate surface area is 150 Å². The zero-order valence-electron chi connectivity index (χ0n) is 15.0. The Balaban J connectivity index is 1.53. The molecule has 0 radical (unpaired) electrons. The van der Waals surface area contributed by atoms with Crippen molar-refractivity contribution >= 4 is 6.03 Å². The summed E-state index contributed by atoms with van der Waals surface area (Å²) in [6, 6.07) is 10.5. The number of urea groups is 1.